The maximum absolute atomic E-state index is 13.0. The zero-order chi connectivity index (χ0) is 27.3. The number of rotatable bonds is 9. The van der Waals surface area contributed by atoms with Gasteiger partial charge in [-0.15, -0.1) is 0 Å². The van der Waals surface area contributed by atoms with E-state index in [9.17, 15) is 28.0 Å². The maximum Gasteiger partial charge on any atom is 0.422 e. The molecule has 1 aromatic carbocycles. The number of piperazine rings is 1. The van der Waals surface area contributed by atoms with Crippen molar-refractivity contribution in [3.63, 3.8) is 0 Å². The number of aromatic nitrogens is 3. The zero-order valence-corrected chi connectivity index (χ0v) is 21.1. The molecule has 12 heteroatoms. The van der Waals surface area contributed by atoms with Crippen LogP contribution in [0.5, 0.6) is 5.75 Å². The van der Waals surface area contributed by atoms with Gasteiger partial charge in [0.15, 0.2) is 12.8 Å². The summed E-state index contributed by atoms with van der Waals surface area (Å²) in [5, 5.41) is 12.0. The van der Waals surface area contributed by atoms with Crippen LogP contribution in [0.3, 0.4) is 0 Å². The molecule has 0 N–H and O–H groups in total. The van der Waals surface area contributed by atoms with E-state index in [0.717, 1.165) is 0 Å². The number of ether oxygens (including phenoxy) is 1. The van der Waals surface area contributed by atoms with Gasteiger partial charge in [0.25, 0.3) is 5.56 Å². The number of para-hydroxylation sites is 2. The Labute approximate surface area is 217 Å². The monoisotopic (exact) mass is 533 g/mol. The predicted molar refractivity (Wildman–Crippen MR) is 135 cm³/mol. The van der Waals surface area contributed by atoms with Crippen molar-refractivity contribution in [1.82, 2.24) is 14.0 Å². The van der Waals surface area contributed by atoms with Crippen molar-refractivity contribution >= 4 is 5.69 Å². The van der Waals surface area contributed by atoms with Gasteiger partial charge in [0, 0.05) is 56.6 Å². The SMILES string of the molecule is Cc1cn(Cc2cccc[n+]2[O-])c(=O)n(CCCN2CCN(c3ccccc3OCC(F)(F)F)CC2)c1=O. The van der Waals surface area contributed by atoms with Crippen molar-refractivity contribution < 1.29 is 22.6 Å². The Morgan fingerprint density at radius 2 is 1.71 bits per heavy atom. The van der Waals surface area contributed by atoms with Gasteiger partial charge in [0.1, 0.15) is 12.3 Å². The van der Waals surface area contributed by atoms with Gasteiger partial charge >= 0.3 is 11.9 Å². The Morgan fingerprint density at radius 3 is 2.42 bits per heavy atom. The second-order valence-corrected chi connectivity index (χ2v) is 9.25. The Balaban J connectivity index is 1.34. The first-order valence-electron chi connectivity index (χ1n) is 12.4. The van der Waals surface area contributed by atoms with Crippen LogP contribution >= 0.6 is 0 Å². The van der Waals surface area contributed by atoms with Crippen molar-refractivity contribution in [1.29, 1.82) is 0 Å². The molecule has 1 fully saturated rings. The average Bonchev–Trinajstić information content (AvgIpc) is 2.89. The molecule has 0 radical (unpaired) electrons. The first-order chi connectivity index (χ1) is 18.1. The molecule has 9 nitrogen and oxygen atoms in total. The van der Waals surface area contributed by atoms with Crippen molar-refractivity contribution in [2.24, 2.45) is 0 Å². The Morgan fingerprint density at radius 1 is 1.00 bits per heavy atom. The number of halogens is 3. The number of nitrogens with zero attached hydrogens (tertiary/aromatic N) is 5. The van der Waals surface area contributed by atoms with E-state index in [4.69, 9.17) is 4.74 Å². The fourth-order valence-electron chi connectivity index (χ4n) is 4.53. The molecule has 1 saturated heterocycles. The van der Waals surface area contributed by atoms with Gasteiger partial charge in [0.05, 0.1) is 5.69 Å². The van der Waals surface area contributed by atoms with Crippen molar-refractivity contribution in [2.45, 2.75) is 32.6 Å². The molecule has 38 heavy (non-hydrogen) atoms. The minimum Gasteiger partial charge on any atom is -0.618 e. The van der Waals surface area contributed by atoms with Crippen LogP contribution in [0.1, 0.15) is 17.7 Å². The highest BCUT2D eigenvalue weighted by molar-refractivity contribution is 5.58. The van der Waals surface area contributed by atoms with Crippen LogP contribution in [0.15, 0.2) is 64.4 Å². The molecule has 204 valence electrons. The third-order valence-electron chi connectivity index (χ3n) is 6.47. The largest absolute Gasteiger partial charge is 0.618 e. The second-order valence-electron chi connectivity index (χ2n) is 9.25. The molecule has 4 rings (SSSR count). The second kappa shape index (κ2) is 11.7. The summed E-state index contributed by atoms with van der Waals surface area (Å²) in [5.74, 6) is 0.200. The Bertz CT molecular complexity index is 1360. The van der Waals surface area contributed by atoms with Crippen LogP contribution in [0.25, 0.3) is 0 Å². The molecule has 0 unspecified atom stereocenters. The molecular formula is C26H30F3N5O4. The average molecular weight is 534 g/mol. The number of hydrogen-bond acceptors (Lipinski definition) is 6. The molecular weight excluding hydrogens is 503 g/mol. The molecule has 0 amide bonds. The topological polar surface area (TPSA) is 86.7 Å². The zero-order valence-electron chi connectivity index (χ0n) is 21.1. The van der Waals surface area contributed by atoms with E-state index < -0.39 is 18.5 Å². The molecule has 1 aliphatic heterocycles. The number of aryl methyl sites for hydroxylation is 1. The summed E-state index contributed by atoms with van der Waals surface area (Å²) in [5.41, 5.74) is 0.612. The van der Waals surface area contributed by atoms with Gasteiger partial charge in [-0.25, -0.2) is 4.79 Å². The molecule has 0 aliphatic carbocycles. The van der Waals surface area contributed by atoms with Gasteiger partial charge < -0.3 is 14.8 Å². The summed E-state index contributed by atoms with van der Waals surface area (Å²) in [4.78, 5) is 29.9. The van der Waals surface area contributed by atoms with E-state index in [0.29, 0.717) is 60.8 Å². The van der Waals surface area contributed by atoms with E-state index in [1.165, 1.54) is 27.6 Å². The van der Waals surface area contributed by atoms with Gasteiger partial charge in [-0.05, 0) is 38.1 Å². The molecule has 2 aromatic heterocycles. The number of anilines is 1. The smallest absolute Gasteiger partial charge is 0.422 e. The van der Waals surface area contributed by atoms with Crippen LogP contribution in [0.2, 0.25) is 0 Å². The minimum atomic E-state index is -4.41. The van der Waals surface area contributed by atoms with E-state index in [1.54, 1.807) is 43.3 Å². The number of pyridine rings is 1. The van der Waals surface area contributed by atoms with Gasteiger partial charge in [-0.3, -0.25) is 18.8 Å². The van der Waals surface area contributed by atoms with Gasteiger partial charge in [-0.2, -0.15) is 17.9 Å². The van der Waals surface area contributed by atoms with E-state index in [1.807, 2.05) is 4.90 Å². The highest BCUT2D eigenvalue weighted by Crippen LogP contribution is 2.30. The lowest BCUT2D eigenvalue weighted by atomic mass is 10.2. The predicted octanol–water partition coefficient (Wildman–Crippen LogP) is 2.15. The van der Waals surface area contributed by atoms with Crippen LogP contribution in [0.4, 0.5) is 18.9 Å². The van der Waals surface area contributed by atoms with Crippen molar-refractivity contribution in [2.75, 3.05) is 44.2 Å². The maximum atomic E-state index is 13.0. The summed E-state index contributed by atoms with van der Waals surface area (Å²) in [6.45, 7) is 3.81. The molecule has 0 bridgehead atoms. The van der Waals surface area contributed by atoms with Crippen LogP contribution in [-0.4, -0.2) is 59.5 Å². The molecule has 1 aliphatic rings. The van der Waals surface area contributed by atoms with E-state index in [2.05, 4.69) is 4.90 Å². The molecule has 0 spiro atoms. The lowest BCUT2D eigenvalue weighted by Gasteiger charge is -2.36. The highest BCUT2D eigenvalue weighted by Gasteiger charge is 2.29. The fourth-order valence-corrected chi connectivity index (χ4v) is 4.53. The Kier molecular flexibility index (Phi) is 8.40. The summed E-state index contributed by atoms with van der Waals surface area (Å²) >= 11 is 0. The third-order valence-corrected chi connectivity index (χ3v) is 6.47. The first kappa shape index (κ1) is 27.2. The minimum absolute atomic E-state index is 0.0560. The molecule has 3 heterocycles. The number of alkyl halides is 3. The van der Waals surface area contributed by atoms with Crippen LogP contribution < -0.4 is 25.6 Å². The van der Waals surface area contributed by atoms with Crippen molar-refractivity contribution in [3.8, 4) is 5.75 Å². The summed E-state index contributed by atoms with van der Waals surface area (Å²) in [7, 11) is 0. The van der Waals surface area contributed by atoms with Crippen molar-refractivity contribution in [3.05, 3.63) is 92.2 Å². The van der Waals surface area contributed by atoms with E-state index in [-0.39, 0.29) is 24.4 Å². The molecule has 3 aromatic rings. The third kappa shape index (κ3) is 6.74. The Hall–Kier alpha value is -3.80. The fraction of sp³-hybridized carbons (Fsp3) is 0.423. The van der Waals surface area contributed by atoms with E-state index >= 15 is 0 Å². The first-order valence-corrected chi connectivity index (χ1v) is 12.4. The van der Waals surface area contributed by atoms with Crippen LogP contribution in [0, 0.1) is 12.1 Å². The quantitative estimate of drug-likeness (QED) is 0.310. The highest BCUT2D eigenvalue weighted by atomic mass is 19.4. The van der Waals surface area contributed by atoms with Gasteiger partial charge in [-0.1, -0.05) is 12.1 Å². The molecule has 0 saturated carbocycles. The van der Waals surface area contributed by atoms with Crippen LogP contribution in [-0.2, 0) is 13.1 Å². The lowest BCUT2D eigenvalue weighted by molar-refractivity contribution is -0.614. The lowest BCUT2D eigenvalue weighted by Crippen LogP contribution is -2.47. The molecule has 0 atom stereocenters. The normalized spacial score (nSPS) is 14.6. The standard InChI is InChI=1S/C26H30F3N5O4/c1-20-17-32(18-21-7-4-5-12-34(21)37)25(36)33(24(20)35)11-6-10-30-13-15-31(16-14-30)22-8-2-3-9-23(22)38-19-26(27,28)29/h2-5,7-9,12,17H,6,10-11,13-16,18-19H2,1H3. The summed E-state index contributed by atoms with van der Waals surface area (Å²) in [6, 6.07) is 11.6. The summed E-state index contributed by atoms with van der Waals surface area (Å²) in [6.07, 6.45) is -1.01. The van der Waals surface area contributed by atoms with Gasteiger partial charge in [0.2, 0.25) is 5.69 Å². The number of benzene rings is 1. The number of hydrogen-bond donors (Lipinski definition) is 0. The summed E-state index contributed by atoms with van der Waals surface area (Å²) < 4.78 is 46.1.